The summed E-state index contributed by atoms with van der Waals surface area (Å²) in [5, 5.41) is 17.0. The minimum absolute atomic E-state index is 0.0738. The first-order chi connectivity index (χ1) is 18.3. The number of carboxylic acid groups (broad SMARTS) is 1. The summed E-state index contributed by atoms with van der Waals surface area (Å²) in [5.74, 6) is -0.285. The molecule has 1 saturated heterocycles. The summed E-state index contributed by atoms with van der Waals surface area (Å²) < 4.78 is 4.89. The number of nitrogens with zero attached hydrogens (tertiary/aromatic N) is 5. The second-order valence-corrected chi connectivity index (χ2v) is 10.4. The van der Waals surface area contributed by atoms with Crippen molar-refractivity contribution in [2.45, 2.75) is 85.1 Å². The standard InChI is InChI=1S/C29H37N5O4/c1-5-18(2)12-13-19(3)27-23(9-6-7-11-26(35)36)30-24-17-21(14-15-22(24)31-27)29(37)34-16-8-10-25(34)28-20(4)32-38-33-28/h13-15,17-18,25H,5-12,16H2,1-4H3,(H,35,36). The van der Waals surface area contributed by atoms with Gasteiger partial charge in [0.1, 0.15) is 11.4 Å². The van der Waals surface area contributed by atoms with Crippen molar-refractivity contribution in [2.24, 2.45) is 5.92 Å². The zero-order valence-corrected chi connectivity index (χ0v) is 22.7. The first-order valence-corrected chi connectivity index (χ1v) is 13.6. The average Bonchev–Trinajstić information content (AvgIpc) is 3.56. The molecule has 1 N–H and O–H groups in total. The van der Waals surface area contributed by atoms with E-state index in [1.807, 2.05) is 30.0 Å². The van der Waals surface area contributed by atoms with E-state index in [2.05, 4.69) is 37.2 Å². The molecule has 9 heteroatoms. The summed E-state index contributed by atoms with van der Waals surface area (Å²) in [5.41, 5.74) is 6.14. The predicted molar refractivity (Wildman–Crippen MR) is 144 cm³/mol. The molecule has 202 valence electrons. The molecule has 1 aliphatic heterocycles. The molecule has 2 atom stereocenters. The Hall–Kier alpha value is -3.62. The molecule has 1 amide bonds. The second-order valence-electron chi connectivity index (χ2n) is 10.4. The quantitative estimate of drug-likeness (QED) is 0.309. The molecule has 0 radical (unpaired) electrons. The zero-order chi connectivity index (χ0) is 27.2. The van der Waals surface area contributed by atoms with Crippen LogP contribution in [0.3, 0.4) is 0 Å². The van der Waals surface area contributed by atoms with Gasteiger partial charge in [-0.25, -0.2) is 14.6 Å². The fourth-order valence-corrected chi connectivity index (χ4v) is 4.92. The predicted octanol–water partition coefficient (Wildman–Crippen LogP) is 5.94. The van der Waals surface area contributed by atoms with E-state index >= 15 is 0 Å². The Morgan fingerprint density at radius 3 is 2.74 bits per heavy atom. The third-order valence-corrected chi connectivity index (χ3v) is 7.45. The van der Waals surface area contributed by atoms with Gasteiger partial charge in [-0.2, -0.15) is 0 Å². The van der Waals surface area contributed by atoms with Gasteiger partial charge in [0, 0.05) is 18.5 Å². The number of aromatic nitrogens is 4. The Morgan fingerprint density at radius 1 is 1.21 bits per heavy atom. The Labute approximate surface area is 223 Å². The van der Waals surface area contributed by atoms with Gasteiger partial charge in [-0.05, 0) is 82.1 Å². The molecule has 1 fully saturated rings. The number of carboxylic acids is 1. The number of hydrogen-bond donors (Lipinski definition) is 1. The number of carbonyl (C=O) groups excluding carboxylic acids is 1. The number of aryl methyl sites for hydroxylation is 2. The lowest BCUT2D eigenvalue weighted by atomic mass is 10.00. The van der Waals surface area contributed by atoms with Crippen LogP contribution in [0.4, 0.5) is 0 Å². The number of allylic oxidation sites excluding steroid dienone is 2. The summed E-state index contributed by atoms with van der Waals surface area (Å²) in [7, 11) is 0. The maximum atomic E-state index is 13.6. The molecule has 0 spiro atoms. The number of benzene rings is 1. The number of aliphatic carboxylic acids is 1. The topological polar surface area (TPSA) is 122 Å². The number of rotatable bonds is 11. The Kier molecular flexibility index (Phi) is 8.86. The monoisotopic (exact) mass is 519 g/mol. The number of likely N-dealkylation sites (tertiary alicyclic amines) is 1. The Morgan fingerprint density at radius 2 is 2.03 bits per heavy atom. The minimum Gasteiger partial charge on any atom is -0.481 e. The van der Waals surface area contributed by atoms with Crippen molar-refractivity contribution in [3.05, 3.63) is 52.6 Å². The van der Waals surface area contributed by atoms with Crippen molar-refractivity contribution in [2.75, 3.05) is 6.54 Å². The summed E-state index contributed by atoms with van der Waals surface area (Å²) in [6.07, 6.45) is 8.05. The van der Waals surface area contributed by atoms with Gasteiger partial charge in [-0.1, -0.05) is 36.7 Å². The highest BCUT2D eigenvalue weighted by molar-refractivity contribution is 5.97. The maximum absolute atomic E-state index is 13.6. The molecule has 9 nitrogen and oxygen atoms in total. The third-order valence-electron chi connectivity index (χ3n) is 7.45. The maximum Gasteiger partial charge on any atom is 0.303 e. The van der Waals surface area contributed by atoms with Gasteiger partial charge >= 0.3 is 5.97 Å². The Bertz CT molecular complexity index is 1330. The normalized spacial score (nSPS) is 16.8. The van der Waals surface area contributed by atoms with Crippen molar-refractivity contribution in [1.82, 2.24) is 25.2 Å². The average molecular weight is 520 g/mol. The van der Waals surface area contributed by atoms with Gasteiger partial charge < -0.3 is 10.0 Å². The summed E-state index contributed by atoms with van der Waals surface area (Å²) >= 11 is 0. The molecule has 0 aliphatic carbocycles. The SMILES string of the molecule is CCC(C)CC=C(C)c1nc2ccc(C(=O)N3CCCC3c3nonc3C)cc2nc1CCCCC(=O)O. The highest BCUT2D eigenvalue weighted by Gasteiger charge is 2.34. The molecule has 2 unspecified atom stereocenters. The van der Waals surface area contributed by atoms with E-state index in [9.17, 15) is 9.59 Å². The molecule has 38 heavy (non-hydrogen) atoms. The molecule has 0 bridgehead atoms. The van der Waals surface area contributed by atoms with E-state index in [-0.39, 0.29) is 18.4 Å². The number of amides is 1. The fourth-order valence-electron chi connectivity index (χ4n) is 4.92. The van der Waals surface area contributed by atoms with Crippen molar-refractivity contribution < 1.29 is 19.3 Å². The molecular weight excluding hydrogens is 482 g/mol. The van der Waals surface area contributed by atoms with E-state index in [0.29, 0.717) is 54.2 Å². The van der Waals surface area contributed by atoms with E-state index < -0.39 is 5.97 Å². The number of fused-ring (bicyclic) bond motifs is 1. The molecular formula is C29H37N5O4. The molecule has 4 rings (SSSR count). The van der Waals surface area contributed by atoms with Crippen LogP contribution in [0.5, 0.6) is 0 Å². The van der Waals surface area contributed by atoms with E-state index in [4.69, 9.17) is 19.7 Å². The minimum atomic E-state index is -0.792. The lowest BCUT2D eigenvalue weighted by Gasteiger charge is -2.23. The summed E-state index contributed by atoms with van der Waals surface area (Å²) in [4.78, 5) is 36.3. The largest absolute Gasteiger partial charge is 0.481 e. The highest BCUT2D eigenvalue weighted by Crippen LogP contribution is 2.34. The van der Waals surface area contributed by atoms with Crippen LogP contribution in [0.25, 0.3) is 16.6 Å². The smallest absolute Gasteiger partial charge is 0.303 e. The van der Waals surface area contributed by atoms with Crippen molar-refractivity contribution in [3.63, 3.8) is 0 Å². The molecule has 1 aliphatic rings. The number of carbonyl (C=O) groups is 2. The van der Waals surface area contributed by atoms with Gasteiger partial charge in [-0.15, -0.1) is 0 Å². The highest BCUT2D eigenvalue weighted by atomic mass is 16.6. The lowest BCUT2D eigenvalue weighted by molar-refractivity contribution is -0.137. The molecule has 3 aromatic rings. The van der Waals surface area contributed by atoms with Crippen LogP contribution >= 0.6 is 0 Å². The van der Waals surface area contributed by atoms with Gasteiger partial charge in [0.05, 0.1) is 28.5 Å². The van der Waals surface area contributed by atoms with E-state index in [1.54, 1.807) is 0 Å². The summed E-state index contributed by atoms with van der Waals surface area (Å²) in [6, 6.07) is 5.35. The van der Waals surface area contributed by atoms with Crippen molar-refractivity contribution in [3.8, 4) is 0 Å². The molecule has 3 heterocycles. The third kappa shape index (κ3) is 6.26. The second kappa shape index (κ2) is 12.3. The fraction of sp³-hybridized carbons (Fsp3) is 0.517. The molecule has 1 aromatic carbocycles. The van der Waals surface area contributed by atoms with Crippen LogP contribution in [0.1, 0.15) is 105 Å². The number of hydrogen-bond acceptors (Lipinski definition) is 7. The van der Waals surface area contributed by atoms with Crippen LogP contribution in [-0.4, -0.2) is 48.7 Å². The zero-order valence-electron chi connectivity index (χ0n) is 22.7. The van der Waals surface area contributed by atoms with Gasteiger partial charge in [-0.3, -0.25) is 9.59 Å². The van der Waals surface area contributed by atoms with Crippen LogP contribution in [0.15, 0.2) is 28.9 Å². The van der Waals surface area contributed by atoms with E-state index in [0.717, 1.165) is 48.2 Å². The Balaban J connectivity index is 1.64. The first kappa shape index (κ1) is 27.4. The number of unbranched alkanes of at least 4 members (excludes halogenated alkanes) is 1. The van der Waals surface area contributed by atoms with Gasteiger partial charge in [0.2, 0.25) is 0 Å². The van der Waals surface area contributed by atoms with Crippen LogP contribution in [-0.2, 0) is 11.2 Å². The molecule has 0 saturated carbocycles. The van der Waals surface area contributed by atoms with Crippen molar-refractivity contribution >= 4 is 28.5 Å². The van der Waals surface area contributed by atoms with Crippen LogP contribution < -0.4 is 0 Å². The van der Waals surface area contributed by atoms with Gasteiger partial charge in [0.25, 0.3) is 5.91 Å². The lowest BCUT2D eigenvalue weighted by Crippen LogP contribution is -2.31. The van der Waals surface area contributed by atoms with Gasteiger partial charge in [0.15, 0.2) is 0 Å². The molecule has 2 aromatic heterocycles. The van der Waals surface area contributed by atoms with Crippen LogP contribution in [0.2, 0.25) is 0 Å². The summed E-state index contributed by atoms with van der Waals surface area (Å²) in [6.45, 7) is 8.96. The van der Waals surface area contributed by atoms with E-state index in [1.165, 1.54) is 0 Å². The first-order valence-electron chi connectivity index (χ1n) is 13.6. The van der Waals surface area contributed by atoms with Crippen molar-refractivity contribution in [1.29, 1.82) is 0 Å². The van der Waals surface area contributed by atoms with Crippen LogP contribution in [0, 0.1) is 12.8 Å².